The van der Waals surface area contributed by atoms with Crippen molar-refractivity contribution in [3.8, 4) is 11.5 Å². The van der Waals surface area contributed by atoms with E-state index >= 15 is 0 Å². The van der Waals surface area contributed by atoms with Gasteiger partial charge >= 0.3 is 0 Å². The van der Waals surface area contributed by atoms with Gasteiger partial charge in [0.1, 0.15) is 11.5 Å². The maximum Gasteiger partial charge on any atom is 0.261 e. The van der Waals surface area contributed by atoms with Gasteiger partial charge in [0.15, 0.2) is 0 Å². The van der Waals surface area contributed by atoms with Crippen molar-refractivity contribution in [2.45, 2.75) is 12.2 Å². The maximum atomic E-state index is 12.6. The fraction of sp³-hybridized carbons (Fsp3) is 0.273. The van der Waals surface area contributed by atoms with Gasteiger partial charge in [-0.05, 0) is 36.4 Å². The quantitative estimate of drug-likeness (QED) is 0.514. The molecule has 2 fully saturated rings. The fourth-order valence-corrected chi connectivity index (χ4v) is 3.89. The molecule has 0 aromatic heterocycles. The minimum absolute atomic E-state index is 0.0874. The van der Waals surface area contributed by atoms with E-state index in [9.17, 15) is 19.2 Å². The van der Waals surface area contributed by atoms with E-state index in [1.54, 1.807) is 24.3 Å². The number of benzene rings is 2. The van der Waals surface area contributed by atoms with E-state index in [0.29, 0.717) is 35.8 Å². The molecule has 2 unspecified atom stereocenters. The van der Waals surface area contributed by atoms with Gasteiger partial charge in [0.25, 0.3) is 23.6 Å². The number of fused-ring (bicyclic) bond motifs is 2. The second kappa shape index (κ2) is 6.47. The first-order chi connectivity index (χ1) is 15.0. The Balaban J connectivity index is 1.24. The summed E-state index contributed by atoms with van der Waals surface area (Å²) in [5, 5.41) is 0. The van der Waals surface area contributed by atoms with Gasteiger partial charge in [-0.3, -0.25) is 29.0 Å². The number of carbonyl (C=O) groups is 4. The monoisotopic (exact) mass is 420 g/mol. The maximum absolute atomic E-state index is 12.6. The predicted octanol–water partition coefficient (Wildman–Crippen LogP) is 1.47. The van der Waals surface area contributed by atoms with Gasteiger partial charge in [-0.2, -0.15) is 0 Å². The Bertz CT molecular complexity index is 1090. The molecule has 4 amide bonds. The normalized spacial score (nSPS) is 23.4. The molecule has 4 aliphatic heterocycles. The van der Waals surface area contributed by atoms with E-state index in [4.69, 9.17) is 14.2 Å². The highest BCUT2D eigenvalue weighted by molar-refractivity contribution is 6.22. The number of hydrogen-bond acceptors (Lipinski definition) is 7. The topological polar surface area (TPSA) is 109 Å². The van der Waals surface area contributed by atoms with Gasteiger partial charge in [-0.1, -0.05) is 0 Å². The van der Waals surface area contributed by atoms with E-state index in [1.165, 1.54) is 21.9 Å². The molecule has 0 radical (unpaired) electrons. The smallest absolute Gasteiger partial charge is 0.261 e. The molecule has 9 heteroatoms. The molecule has 0 saturated carbocycles. The fourth-order valence-electron chi connectivity index (χ4n) is 3.89. The molecular weight excluding hydrogens is 404 g/mol. The number of carbonyl (C=O) groups excluding carboxylic acids is 4. The Hall–Kier alpha value is -3.56. The average molecular weight is 420 g/mol. The molecule has 0 spiro atoms. The van der Waals surface area contributed by atoms with Crippen LogP contribution in [0.3, 0.4) is 0 Å². The average Bonchev–Trinajstić information content (AvgIpc) is 3.69. The van der Waals surface area contributed by atoms with Crippen LogP contribution < -0.4 is 4.74 Å². The van der Waals surface area contributed by atoms with Crippen LogP contribution >= 0.6 is 0 Å². The van der Waals surface area contributed by atoms with E-state index < -0.39 is 0 Å². The lowest BCUT2D eigenvalue weighted by Gasteiger charge is -2.11. The van der Waals surface area contributed by atoms with Gasteiger partial charge in [0.2, 0.25) is 0 Å². The van der Waals surface area contributed by atoms with Crippen LogP contribution in [0, 0.1) is 0 Å². The second-order valence-corrected chi connectivity index (χ2v) is 7.87. The first-order valence-electron chi connectivity index (χ1n) is 9.91. The molecule has 0 bridgehead atoms. The summed E-state index contributed by atoms with van der Waals surface area (Å²) in [5.41, 5.74) is 1.19. The van der Waals surface area contributed by atoms with E-state index in [1.807, 2.05) is 0 Å². The number of ether oxygens (including phenoxy) is 3. The van der Waals surface area contributed by atoms with Gasteiger partial charge in [-0.15, -0.1) is 0 Å². The summed E-state index contributed by atoms with van der Waals surface area (Å²) in [6.07, 6.45) is -0.175. The van der Waals surface area contributed by atoms with Crippen LogP contribution in [0.2, 0.25) is 0 Å². The summed E-state index contributed by atoms with van der Waals surface area (Å²) in [7, 11) is 0. The van der Waals surface area contributed by atoms with Crippen LogP contribution in [0.1, 0.15) is 41.4 Å². The van der Waals surface area contributed by atoms with Crippen LogP contribution in [-0.2, 0) is 9.47 Å². The molecule has 0 aliphatic carbocycles. The van der Waals surface area contributed by atoms with E-state index in [0.717, 1.165) is 0 Å². The number of hydrogen-bond donors (Lipinski definition) is 0. The highest BCUT2D eigenvalue weighted by Gasteiger charge is 2.41. The number of rotatable bonds is 6. The summed E-state index contributed by atoms with van der Waals surface area (Å²) in [6, 6.07) is 9.33. The standard InChI is InChI=1S/C22H16N2O7/c25-19-15-3-1-11(5-17(15)21(27)23(19)7-13-9-29-13)31-12-2-4-16-18(6-12)22(28)24(20(16)26)8-14-10-30-14/h1-6,13-14H,7-10H2. The Morgan fingerprint density at radius 2 is 1.06 bits per heavy atom. The third-order valence-corrected chi connectivity index (χ3v) is 5.70. The molecule has 31 heavy (non-hydrogen) atoms. The highest BCUT2D eigenvalue weighted by atomic mass is 16.6. The van der Waals surface area contributed by atoms with Gasteiger partial charge in [0, 0.05) is 0 Å². The number of amides is 4. The zero-order valence-corrected chi connectivity index (χ0v) is 16.2. The predicted molar refractivity (Wildman–Crippen MR) is 103 cm³/mol. The third kappa shape index (κ3) is 3.01. The Labute approximate surface area is 176 Å². The third-order valence-electron chi connectivity index (χ3n) is 5.70. The van der Waals surface area contributed by atoms with Crippen molar-refractivity contribution in [1.29, 1.82) is 0 Å². The van der Waals surface area contributed by atoms with E-state index in [2.05, 4.69) is 0 Å². The molecule has 0 N–H and O–H groups in total. The molecule has 4 aliphatic rings. The lowest BCUT2D eigenvalue weighted by atomic mass is 10.1. The van der Waals surface area contributed by atoms with Crippen molar-refractivity contribution in [2.75, 3.05) is 26.3 Å². The van der Waals surface area contributed by atoms with Gasteiger partial charge in [0.05, 0.1) is 60.8 Å². The molecule has 2 aromatic rings. The molecule has 6 rings (SSSR count). The Kier molecular flexibility index (Phi) is 3.80. The van der Waals surface area contributed by atoms with Gasteiger partial charge in [-0.25, -0.2) is 0 Å². The van der Waals surface area contributed by atoms with Crippen molar-refractivity contribution in [3.63, 3.8) is 0 Å². The Morgan fingerprint density at radius 1 is 0.677 bits per heavy atom. The first kappa shape index (κ1) is 18.2. The molecular formula is C22H16N2O7. The zero-order chi connectivity index (χ0) is 21.3. The van der Waals surface area contributed by atoms with Crippen LogP contribution in [0.5, 0.6) is 11.5 Å². The van der Waals surface area contributed by atoms with Gasteiger partial charge < -0.3 is 14.2 Å². The first-order valence-corrected chi connectivity index (χ1v) is 9.91. The molecule has 9 nitrogen and oxygen atoms in total. The lowest BCUT2D eigenvalue weighted by Crippen LogP contribution is -2.33. The zero-order valence-electron chi connectivity index (χ0n) is 16.2. The molecule has 2 saturated heterocycles. The van der Waals surface area contributed by atoms with Crippen molar-refractivity contribution >= 4 is 23.6 Å². The SMILES string of the molecule is O=C1c2ccc(Oc3ccc4c(c3)C(=O)N(CC3CO3)C4=O)cc2C(=O)N1CC1CO1. The minimum atomic E-state index is -0.381. The van der Waals surface area contributed by atoms with Crippen molar-refractivity contribution in [1.82, 2.24) is 9.80 Å². The van der Waals surface area contributed by atoms with Crippen LogP contribution in [0.4, 0.5) is 0 Å². The summed E-state index contributed by atoms with van der Waals surface area (Å²) < 4.78 is 16.1. The molecule has 2 aromatic carbocycles. The van der Waals surface area contributed by atoms with Crippen LogP contribution in [0.25, 0.3) is 0 Å². The highest BCUT2D eigenvalue weighted by Crippen LogP contribution is 2.33. The molecule has 4 heterocycles. The van der Waals surface area contributed by atoms with Crippen molar-refractivity contribution in [2.24, 2.45) is 0 Å². The molecule has 2 atom stereocenters. The largest absolute Gasteiger partial charge is 0.457 e. The lowest BCUT2D eigenvalue weighted by molar-refractivity contribution is 0.0628. The van der Waals surface area contributed by atoms with Crippen molar-refractivity contribution < 1.29 is 33.4 Å². The summed E-state index contributed by atoms with van der Waals surface area (Å²) in [6.45, 7) is 1.58. The summed E-state index contributed by atoms with van der Waals surface area (Å²) in [5.74, 6) is -0.747. The summed E-state index contributed by atoms with van der Waals surface area (Å²) >= 11 is 0. The number of imide groups is 2. The van der Waals surface area contributed by atoms with Crippen LogP contribution in [-0.4, -0.2) is 71.9 Å². The van der Waals surface area contributed by atoms with E-state index in [-0.39, 0.29) is 60.1 Å². The minimum Gasteiger partial charge on any atom is -0.457 e. The van der Waals surface area contributed by atoms with Crippen LogP contribution in [0.15, 0.2) is 36.4 Å². The number of nitrogens with zero attached hydrogens (tertiary/aromatic N) is 2. The molecule has 156 valence electrons. The van der Waals surface area contributed by atoms with Crippen molar-refractivity contribution in [3.05, 3.63) is 58.7 Å². The summed E-state index contributed by atoms with van der Waals surface area (Å²) in [4.78, 5) is 52.6. The number of epoxide rings is 2. The Morgan fingerprint density at radius 3 is 1.45 bits per heavy atom. The second-order valence-electron chi connectivity index (χ2n) is 7.87.